The molecule has 1 aromatic carbocycles. The van der Waals surface area contributed by atoms with Gasteiger partial charge in [0.25, 0.3) is 0 Å². The number of rotatable bonds is 4. The van der Waals surface area contributed by atoms with Crippen LogP contribution in [-0.4, -0.2) is 20.6 Å². The first-order valence-electron chi connectivity index (χ1n) is 6.60. The van der Waals surface area contributed by atoms with Crippen molar-refractivity contribution in [2.24, 2.45) is 18.4 Å². The van der Waals surface area contributed by atoms with Gasteiger partial charge in [-0.25, -0.2) is 9.37 Å². The van der Waals surface area contributed by atoms with Crippen molar-refractivity contribution >= 4 is 17.0 Å². The molecule has 2 rings (SSSR count). The van der Waals surface area contributed by atoms with Crippen LogP contribution < -0.4 is 0 Å². The maximum Gasteiger partial charge on any atom is 0.310 e. The molecular weight excluding hydrogens is 259 g/mol. The summed E-state index contributed by atoms with van der Waals surface area (Å²) in [6.45, 7) is 5.45. The highest BCUT2D eigenvalue weighted by Gasteiger charge is 2.38. The van der Waals surface area contributed by atoms with Crippen molar-refractivity contribution in [2.45, 2.75) is 27.2 Å². The molecule has 4 nitrogen and oxygen atoms in total. The van der Waals surface area contributed by atoms with Gasteiger partial charge in [0.15, 0.2) is 5.82 Å². The minimum absolute atomic E-state index is 0.0512. The Morgan fingerprint density at radius 3 is 2.65 bits per heavy atom. The third-order valence-electron chi connectivity index (χ3n) is 4.24. The van der Waals surface area contributed by atoms with Gasteiger partial charge < -0.3 is 9.67 Å². The Bertz CT molecular complexity index is 663. The van der Waals surface area contributed by atoms with E-state index in [1.165, 1.54) is 6.07 Å². The predicted octanol–water partition coefficient (Wildman–Crippen LogP) is 3.00. The van der Waals surface area contributed by atoms with Crippen LogP contribution in [0.3, 0.4) is 0 Å². The lowest BCUT2D eigenvalue weighted by Gasteiger charge is -2.28. The number of aromatic nitrogens is 2. The minimum Gasteiger partial charge on any atom is -0.481 e. The van der Waals surface area contributed by atoms with Crippen molar-refractivity contribution in [3.63, 3.8) is 0 Å². The van der Waals surface area contributed by atoms with E-state index in [-0.39, 0.29) is 18.2 Å². The zero-order valence-electron chi connectivity index (χ0n) is 12.1. The third-order valence-corrected chi connectivity index (χ3v) is 4.24. The van der Waals surface area contributed by atoms with Gasteiger partial charge >= 0.3 is 5.97 Å². The molecule has 1 unspecified atom stereocenters. The molecule has 0 aliphatic heterocycles. The Kier molecular flexibility index (Phi) is 3.54. The molecule has 0 spiro atoms. The van der Waals surface area contributed by atoms with Crippen molar-refractivity contribution in [1.29, 1.82) is 0 Å². The number of aliphatic carboxylic acids is 1. The van der Waals surface area contributed by atoms with Crippen LogP contribution in [0.2, 0.25) is 0 Å². The highest BCUT2D eigenvalue weighted by atomic mass is 19.1. The number of fused-ring (bicyclic) bond motifs is 1. The Hall–Kier alpha value is -1.91. The molecule has 0 aliphatic carbocycles. The first kappa shape index (κ1) is 14.5. The number of carbonyl (C=O) groups is 1. The molecule has 1 N–H and O–H groups in total. The molecule has 20 heavy (non-hydrogen) atoms. The van der Waals surface area contributed by atoms with Gasteiger partial charge in [-0.2, -0.15) is 0 Å². The molecule has 5 heteroatoms. The molecule has 0 amide bonds. The Morgan fingerprint density at radius 2 is 2.15 bits per heavy atom. The lowest BCUT2D eigenvalue weighted by atomic mass is 9.76. The number of para-hydroxylation sites is 1. The molecule has 2 aromatic rings. The number of nitrogens with zero attached hydrogens (tertiary/aromatic N) is 2. The lowest BCUT2D eigenvalue weighted by Crippen LogP contribution is -2.36. The smallest absolute Gasteiger partial charge is 0.310 e. The summed E-state index contributed by atoms with van der Waals surface area (Å²) in [5.74, 6) is -0.709. The average molecular weight is 278 g/mol. The van der Waals surface area contributed by atoms with E-state index in [4.69, 9.17) is 0 Å². The monoisotopic (exact) mass is 278 g/mol. The van der Waals surface area contributed by atoms with Crippen LogP contribution in [0.5, 0.6) is 0 Å². The largest absolute Gasteiger partial charge is 0.481 e. The van der Waals surface area contributed by atoms with Gasteiger partial charge in [-0.05, 0) is 25.0 Å². The lowest BCUT2D eigenvalue weighted by molar-refractivity contribution is -0.150. The van der Waals surface area contributed by atoms with E-state index in [0.717, 1.165) is 0 Å². The van der Waals surface area contributed by atoms with Crippen LogP contribution in [-0.2, 0) is 18.3 Å². The number of hydrogen-bond acceptors (Lipinski definition) is 2. The zero-order chi connectivity index (χ0) is 15.1. The van der Waals surface area contributed by atoms with Gasteiger partial charge in [-0.15, -0.1) is 0 Å². The SMILES string of the molecule is CC(C)C(C)(Cc1nc2c(F)cccc2n1C)C(=O)O. The van der Waals surface area contributed by atoms with E-state index in [0.29, 0.717) is 16.9 Å². The van der Waals surface area contributed by atoms with Crippen LogP contribution in [0.15, 0.2) is 18.2 Å². The van der Waals surface area contributed by atoms with Gasteiger partial charge in [0.2, 0.25) is 0 Å². The molecule has 1 atom stereocenters. The highest BCUT2D eigenvalue weighted by Crippen LogP contribution is 2.32. The van der Waals surface area contributed by atoms with Gasteiger partial charge in [0.05, 0.1) is 10.9 Å². The standard InChI is InChI=1S/C15H19FN2O2/c1-9(2)15(3,14(19)20)8-12-17-13-10(16)6-5-7-11(13)18(12)4/h5-7,9H,8H2,1-4H3,(H,19,20). The van der Waals surface area contributed by atoms with Gasteiger partial charge in [-0.1, -0.05) is 19.9 Å². The summed E-state index contributed by atoms with van der Waals surface area (Å²) in [5.41, 5.74) is 0.0454. The quantitative estimate of drug-likeness (QED) is 0.935. The van der Waals surface area contributed by atoms with Crippen molar-refractivity contribution < 1.29 is 14.3 Å². The van der Waals surface area contributed by atoms with Gasteiger partial charge in [0.1, 0.15) is 11.3 Å². The maximum absolute atomic E-state index is 13.7. The summed E-state index contributed by atoms with van der Waals surface area (Å²) in [4.78, 5) is 15.8. The van der Waals surface area contributed by atoms with Crippen LogP contribution in [0.25, 0.3) is 11.0 Å². The molecule has 108 valence electrons. The second kappa shape index (κ2) is 4.89. The van der Waals surface area contributed by atoms with Crippen molar-refractivity contribution in [2.75, 3.05) is 0 Å². The van der Waals surface area contributed by atoms with E-state index in [1.807, 2.05) is 13.8 Å². The molecule has 0 bridgehead atoms. The van der Waals surface area contributed by atoms with E-state index in [1.54, 1.807) is 30.7 Å². The first-order chi connectivity index (χ1) is 9.27. The Labute approximate surface area is 117 Å². The molecule has 1 aromatic heterocycles. The molecular formula is C15H19FN2O2. The summed E-state index contributed by atoms with van der Waals surface area (Å²) in [5, 5.41) is 9.47. The second-order valence-corrected chi connectivity index (χ2v) is 5.75. The number of benzene rings is 1. The van der Waals surface area contributed by atoms with E-state index < -0.39 is 11.4 Å². The van der Waals surface area contributed by atoms with E-state index in [2.05, 4.69) is 4.98 Å². The predicted molar refractivity (Wildman–Crippen MR) is 75.0 cm³/mol. The first-order valence-corrected chi connectivity index (χ1v) is 6.60. The molecule has 0 saturated heterocycles. The number of halogens is 1. The highest BCUT2D eigenvalue weighted by molar-refractivity contribution is 5.78. The fraction of sp³-hybridized carbons (Fsp3) is 0.467. The third kappa shape index (κ3) is 2.17. The fourth-order valence-corrected chi connectivity index (χ4v) is 2.24. The molecule has 0 fully saturated rings. The van der Waals surface area contributed by atoms with Crippen LogP contribution >= 0.6 is 0 Å². The number of carboxylic acids is 1. The van der Waals surface area contributed by atoms with Crippen molar-refractivity contribution in [1.82, 2.24) is 9.55 Å². The number of imidazole rings is 1. The Morgan fingerprint density at radius 1 is 1.50 bits per heavy atom. The summed E-state index contributed by atoms with van der Waals surface area (Å²) in [6.07, 6.45) is 0.268. The molecule has 1 heterocycles. The summed E-state index contributed by atoms with van der Waals surface area (Å²) in [6, 6.07) is 4.77. The molecule has 0 aliphatic rings. The fourth-order valence-electron chi connectivity index (χ4n) is 2.24. The van der Waals surface area contributed by atoms with E-state index >= 15 is 0 Å². The average Bonchev–Trinajstić information content (AvgIpc) is 2.68. The van der Waals surface area contributed by atoms with Crippen molar-refractivity contribution in [3.8, 4) is 0 Å². The van der Waals surface area contributed by atoms with Crippen molar-refractivity contribution in [3.05, 3.63) is 29.8 Å². The normalized spacial score (nSPS) is 14.7. The summed E-state index contributed by atoms with van der Waals surface area (Å²) in [7, 11) is 1.78. The van der Waals surface area contributed by atoms with Crippen LogP contribution in [0.4, 0.5) is 4.39 Å². The molecule has 0 radical (unpaired) electrons. The van der Waals surface area contributed by atoms with Crippen LogP contribution in [0.1, 0.15) is 26.6 Å². The number of carboxylic acid groups (broad SMARTS) is 1. The summed E-state index contributed by atoms with van der Waals surface area (Å²) < 4.78 is 15.5. The topological polar surface area (TPSA) is 55.1 Å². The second-order valence-electron chi connectivity index (χ2n) is 5.75. The molecule has 0 saturated carbocycles. The zero-order valence-corrected chi connectivity index (χ0v) is 12.1. The van der Waals surface area contributed by atoms with E-state index in [9.17, 15) is 14.3 Å². The van der Waals surface area contributed by atoms with Gasteiger partial charge in [-0.3, -0.25) is 4.79 Å². The minimum atomic E-state index is -0.925. The summed E-state index contributed by atoms with van der Waals surface area (Å²) >= 11 is 0. The maximum atomic E-state index is 13.7. The number of aryl methyl sites for hydroxylation is 1. The van der Waals surface area contributed by atoms with Crippen LogP contribution in [0, 0.1) is 17.2 Å². The number of hydrogen-bond donors (Lipinski definition) is 1. The van der Waals surface area contributed by atoms with Gasteiger partial charge in [0, 0.05) is 13.5 Å². The Balaban J connectivity index is 2.51.